The second kappa shape index (κ2) is 7.24. The van der Waals surface area contributed by atoms with Gasteiger partial charge in [0.2, 0.25) is 0 Å². The van der Waals surface area contributed by atoms with Crippen LogP contribution in [0.4, 0.5) is 0 Å². The molecule has 0 bridgehead atoms. The van der Waals surface area contributed by atoms with E-state index in [4.69, 9.17) is 0 Å². The number of nitrogens with zero attached hydrogens (tertiary/aromatic N) is 1. The molecule has 0 saturated carbocycles. The summed E-state index contributed by atoms with van der Waals surface area (Å²) in [6.45, 7) is 11.5. The predicted octanol–water partition coefficient (Wildman–Crippen LogP) is 2.21. The van der Waals surface area contributed by atoms with E-state index in [1.54, 1.807) is 0 Å². The third kappa shape index (κ3) is 5.61. The van der Waals surface area contributed by atoms with Crippen LogP contribution < -0.4 is 5.32 Å². The van der Waals surface area contributed by atoms with Crippen molar-refractivity contribution in [2.75, 3.05) is 27.2 Å². The summed E-state index contributed by atoms with van der Waals surface area (Å²) in [5.41, 5.74) is 0. The van der Waals surface area contributed by atoms with E-state index >= 15 is 0 Å². The second-order valence-electron chi connectivity index (χ2n) is 4.94. The van der Waals surface area contributed by atoms with Crippen LogP contribution in [0.15, 0.2) is 0 Å². The lowest BCUT2D eigenvalue weighted by Gasteiger charge is -2.30. The maximum Gasteiger partial charge on any atom is 0.0102 e. The molecular formula is C12H28N2. The molecule has 0 aromatic heterocycles. The molecular weight excluding hydrogens is 172 g/mol. The van der Waals surface area contributed by atoms with Crippen LogP contribution >= 0.6 is 0 Å². The van der Waals surface area contributed by atoms with Gasteiger partial charge >= 0.3 is 0 Å². The summed E-state index contributed by atoms with van der Waals surface area (Å²) in [4.78, 5) is 2.47. The van der Waals surface area contributed by atoms with Gasteiger partial charge in [0.05, 0.1) is 0 Å². The number of rotatable bonds is 7. The van der Waals surface area contributed by atoms with Crippen LogP contribution in [0.3, 0.4) is 0 Å². The Morgan fingerprint density at radius 3 is 2.14 bits per heavy atom. The van der Waals surface area contributed by atoms with E-state index in [1.807, 2.05) is 7.05 Å². The lowest BCUT2D eigenvalue weighted by Crippen LogP contribution is -2.39. The topological polar surface area (TPSA) is 15.3 Å². The Bertz CT molecular complexity index is 134. The average Bonchev–Trinajstić information content (AvgIpc) is 2.13. The molecule has 0 radical (unpaired) electrons. The summed E-state index contributed by atoms with van der Waals surface area (Å²) in [5, 5.41) is 3.24. The van der Waals surface area contributed by atoms with Crippen molar-refractivity contribution >= 4 is 0 Å². The first kappa shape index (κ1) is 13.9. The summed E-state index contributed by atoms with van der Waals surface area (Å²) >= 11 is 0. The fraction of sp³-hybridized carbons (Fsp3) is 1.00. The van der Waals surface area contributed by atoms with Gasteiger partial charge in [0.15, 0.2) is 0 Å². The van der Waals surface area contributed by atoms with Crippen molar-refractivity contribution in [2.45, 2.75) is 40.2 Å². The van der Waals surface area contributed by atoms with Crippen molar-refractivity contribution in [2.24, 2.45) is 11.8 Å². The summed E-state index contributed by atoms with van der Waals surface area (Å²) < 4.78 is 0. The Kier molecular flexibility index (Phi) is 7.20. The van der Waals surface area contributed by atoms with Gasteiger partial charge in [-0.15, -0.1) is 0 Å². The van der Waals surface area contributed by atoms with E-state index in [0.717, 1.165) is 18.4 Å². The van der Waals surface area contributed by atoms with Crippen molar-refractivity contribution in [3.8, 4) is 0 Å². The van der Waals surface area contributed by atoms with Gasteiger partial charge in [0.25, 0.3) is 0 Å². The van der Waals surface area contributed by atoms with E-state index in [0.29, 0.717) is 6.04 Å². The largest absolute Gasteiger partial charge is 0.319 e. The van der Waals surface area contributed by atoms with E-state index in [1.165, 1.54) is 13.0 Å². The standard InChI is InChI=1S/C12H28N2/c1-10(2)7-8-14(6)12(4)11(3)9-13-5/h10-13H,7-9H2,1-6H3. The molecule has 0 aliphatic heterocycles. The first-order chi connectivity index (χ1) is 6.49. The van der Waals surface area contributed by atoms with Crippen LogP contribution in [-0.2, 0) is 0 Å². The minimum absolute atomic E-state index is 0.668. The van der Waals surface area contributed by atoms with Crippen molar-refractivity contribution < 1.29 is 0 Å². The van der Waals surface area contributed by atoms with Gasteiger partial charge in [0, 0.05) is 6.04 Å². The maximum atomic E-state index is 3.24. The molecule has 2 nitrogen and oxygen atoms in total. The van der Waals surface area contributed by atoms with E-state index in [2.05, 4.69) is 45.0 Å². The molecule has 0 heterocycles. The number of hydrogen-bond acceptors (Lipinski definition) is 2. The Hall–Kier alpha value is -0.0800. The zero-order valence-electron chi connectivity index (χ0n) is 10.8. The smallest absolute Gasteiger partial charge is 0.0102 e. The van der Waals surface area contributed by atoms with Gasteiger partial charge in [-0.3, -0.25) is 0 Å². The van der Waals surface area contributed by atoms with E-state index in [-0.39, 0.29) is 0 Å². The lowest BCUT2D eigenvalue weighted by atomic mass is 10.0. The van der Waals surface area contributed by atoms with Gasteiger partial charge in [-0.05, 0) is 52.4 Å². The van der Waals surface area contributed by atoms with Gasteiger partial charge < -0.3 is 10.2 Å². The van der Waals surface area contributed by atoms with Crippen molar-refractivity contribution in [3.63, 3.8) is 0 Å². The van der Waals surface area contributed by atoms with Gasteiger partial charge in [0.1, 0.15) is 0 Å². The third-order valence-corrected chi connectivity index (χ3v) is 3.10. The molecule has 0 rings (SSSR count). The average molecular weight is 200 g/mol. The highest BCUT2D eigenvalue weighted by molar-refractivity contribution is 4.71. The molecule has 86 valence electrons. The summed E-state index contributed by atoms with van der Waals surface area (Å²) in [6, 6.07) is 0.668. The molecule has 0 aromatic carbocycles. The van der Waals surface area contributed by atoms with Crippen molar-refractivity contribution in [1.82, 2.24) is 10.2 Å². The quantitative estimate of drug-likeness (QED) is 0.678. The van der Waals surface area contributed by atoms with Crippen molar-refractivity contribution in [3.05, 3.63) is 0 Å². The molecule has 14 heavy (non-hydrogen) atoms. The maximum absolute atomic E-state index is 3.24. The highest BCUT2D eigenvalue weighted by Gasteiger charge is 2.15. The first-order valence-electron chi connectivity index (χ1n) is 5.83. The summed E-state index contributed by atoms with van der Waals surface area (Å²) in [6.07, 6.45) is 1.30. The molecule has 0 fully saturated rings. The molecule has 2 unspecified atom stereocenters. The molecule has 1 N–H and O–H groups in total. The molecule has 0 amide bonds. The summed E-state index contributed by atoms with van der Waals surface area (Å²) in [7, 11) is 4.26. The Morgan fingerprint density at radius 1 is 1.14 bits per heavy atom. The van der Waals surface area contributed by atoms with E-state index in [9.17, 15) is 0 Å². The van der Waals surface area contributed by atoms with Crippen LogP contribution in [-0.4, -0.2) is 38.1 Å². The molecule has 0 saturated heterocycles. The molecule has 0 aromatic rings. The fourth-order valence-corrected chi connectivity index (χ4v) is 1.59. The molecule has 2 atom stereocenters. The van der Waals surface area contributed by atoms with Crippen LogP contribution in [0.5, 0.6) is 0 Å². The van der Waals surface area contributed by atoms with Crippen molar-refractivity contribution in [1.29, 1.82) is 0 Å². The van der Waals surface area contributed by atoms with Crippen LogP contribution in [0.1, 0.15) is 34.1 Å². The molecule has 0 aliphatic carbocycles. The normalized spacial score (nSPS) is 16.3. The zero-order chi connectivity index (χ0) is 11.1. The minimum Gasteiger partial charge on any atom is -0.319 e. The lowest BCUT2D eigenvalue weighted by molar-refractivity contribution is 0.189. The van der Waals surface area contributed by atoms with Crippen LogP contribution in [0, 0.1) is 11.8 Å². The van der Waals surface area contributed by atoms with E-state index < -0.39 is 0 Å². The Balaban J connectivity index is 3.79. The summed E-state index contributed by atoms with van der Waals surface area (Å²) in [5.74, 6) is 1.53. The molecule has 2 heteroatoms. The van der Waals surface area contributed by atoms with Gasteiger partial charge in [-0.2, -0.15) is 0 Å². The molecule has 0 aliphatic rings. The minimum atomic E-state index is 0.668. The highest BCUT2D eigenvalue weighted by Crippen LogP contribution is 2.10. The van der Waals surface area contributed by atoms with Gasteiger partial charge in [-0.25, -0.2) is 0 Å². The number of nitrogens with one attached hydrogen (secondary N) is 1. The molecule has 0 spiro atoms. The monoisotopic (exact) mass is 200 g/mol. The first-order valence-corrected chi connectivity index (χ1v) is 5.83. The Labute approximate surface area is 90.1 Å². The van der Waals surface area contributed by atoms with Gasteiger partial charge in [-0.1, -0.05) is 20.8 Å². The highest BCUT2D eigenvalue weighted by atomic mass is 15.1. The fourth-order valence-electron chi connectivity index (χ4n) is 1.59. The predicted molar refractivity (Wildman–Crippen MR) is 64.6 cm³/mol. The SMILES string of the molecule is CNCC(C)C(C)N(C)CCC(C)C. The zero-order valence-corrected chi connectivity index (χ0v) is 10.8. The number of hydrogen-bond donors (Lipinski definition) is 1. The van der Waals surface area contributed by atoms with Crippen LogP contribution in [0.25, 0.3) is 0 Å². The third-order valence-electron chi connectivity index (χ3n) is 3.10. The Morgan fingerprint density at radius 2 is 1.71 bits per heavy atom. The second-order valence-corrected chi connectivity index (χ2v) is 4.94. The van der Waals surface area contributed by atoms with Crippen LogP contribution in [0.2, 0.25) is 0 Å².